The molecule has 2 aromatic carbocycles. The first-order chi connectivity index (χ1) is 14.9. The fourth-order valence-corrected chi connectivity index (χ4v) is 4.10. The number of rotatable bonds is 10. The van der Waals surface area contributed by atoms with Gasteiger partial charge in [0.25, 0.3) is 5.91 Å². The van der Waals surface area contributed by atoms with Crippen LogP contribution in [-0.4, -0.2) is 56.2 Å². The molecule has 0 spiro atoms. The Labute approximate surface area is 188 Å². The first-order valence-corrected chi connectivity index (χ1v) is 11.4. The van der Waals surface area contributed by atoms with E-state index in [0.717, 1.165) is 22.5 Å². The van der Waals surface area contributed by atoms with Crippen molar-refractivity contribution in [2.24, 2.45) is 0 Å². The molecular formula is C24H31N3O3S. The second-order valence-electron chi connectivity index (χ2n) is 7.92. The van der Waals surface area contributed by atoms with Gasteiger partial charge in [-0.25, -0.2) is 4.98 Å². The Kier molecular flexibility index (Phi) is 7.87. The number of carbonyl (C=O) groups excluding carboxylic acids is 1. The van der Waals surface area contributed by atoms with E-state index in [2.05, 4.69) is 13.8 Å². The quantitative estimate of drug-likeness (QED) is 0.453. The Morgan fingerprint density at radius 2 is 1.74 bits per heavy atom. The Balaban J connectivity index is 1.76. The molecule has 0 bridgehead atoms. The summed E-state index contributed by atoms with van der Waals surface area (Å²) < 4.78 is 12.4. The van der Waals surface area contributed by atoms with Gasteiger partial charge in [-0.2, -0.15) is 0 Å². The minimum atomic E-state index is -0.112. The second-order valence-corrected chi connectivity index (χ2v) is 8.93. The highest BCUT2D eigenvalue weighted by Crippen LogP contribution is 2.31. The van der Waals surface area contributed by atoms with Crippen molar-refractivity contribution in [1.82, 2.24) is 9.88 Å². The lowest BCUT2D eigenvalue weighted by Gasteiger charge is -2.22. The van der Waals surface area contributed by atoms with Crippen molar-refractivity contribution < 1.29 is 14.3 Å². The number of nitrogens with zero attached hydrogens (tertiary/aromatic N) is 3. The standard InChI is InChI=1S/C24H31N3O3S/c1-6-29-20-11-12-21-22(15-20)31-24(25-21)27(14-13-26(4)5)23(28)16-30-19-9-7-18(8-10-19)17(2)3/h7-12,15,17H,6,13-14,16H2,1-5H3. The molecule has 0 unspecified atom stereocenters. The largest absolute Gasteiger partial charge is 0.494 e. The minimum absolute atomic E-state index is 0.0332. The summed E-state index contributed by atoms with van der Waals surface area (Å²) in [6, 6.07) is 13.7. The summed E-state index contributed by atoms with van der Waals surface area (Å²) in [5, 5.41) is 0.675. The molecule has 0 atom stereocenters. The SMILES string of the molecule is CCOc1ccc2nc(N(CCN(C)C)C(=O)COc3ccc(C(C)C)cc3)sc2c1. The zero-order chi connectivity index (χ0) is 22.4. The van der Waals surface area contributed by atoms with Crippen molar-refractivity contribution in [2.75, 3.05) is 45.3 Å². The molecule has 1 amide bonds. The third-order valence-electron chi connectivity index (χ3n) is 4.87. The van der Waals surface area contributed by atoms with Gasteiger partial charge < -0.3 is 14.4 Å². The van der Waals surface area contributed by atoms with Gasteiger partial charge >= 0.3 is 0 Å². The van der Waals surface area contributed by atoms with Crippen molar-refractivity contribution in [3.63, 3.8) is 0 Å². The summed E-state index contributed by atoms with van der Waals surface area (Å²) in [5.74, 6) is 1.85. The number of benzene rings is 2. The summed E-state index contributed by atoms with van der Waals surface area (Å²) >= 11 is 1.49. The fourth-order valence-electron chi connectivity index (χ4n) is 3.06. The van der Waals surface area contributed by atoms with E-state index in [9.17, 15) is 4.79 Å². The molecule has 0 saturated carbocycles. The third kappa shape index (κ3) is 6.18. The lowest BCUT2D eigenvalue weighted by Crippen LogP contribution is -2.39. The third-order valence-corrected chi connectivity index (χ3v) is 5.91. The summed E-state index contributed by atoms with van der Waals surface area (Å²) in [6.07, 6.45) is 0. The smallest absolute Gasteiger partial charge is 0.266 e. The van der Waals surface area contributed by atoms with E-state index in [4.69, 9.17) is 14.5 Å². The van der Waals surface area contributed by atoms with Crippen molar-refractivity contribution >= 4 is 32.6 Å². The van der Waals surface area contributed by atoms with Gasteiger partial charge in [0.2, 0.25) is 0 Å². The Morgan fingerprint density at radius 3 is 2.39 bits per heavy atom. The molecule has 31 heavy (non-hydrogen) atoms. The van der Waals surface area contributed by atoms with Crippen molar-refractivity contribution in [3.8, 4) is 11.5 Å². The molecule has 7 heteroatoms. The van der Waals surface area contributed by atoms with E-state index in [-0.39, 0.29) is 12.5 Å². The number of carbonyl (C=O) groups is 1. The average molecular weight is 442 g/mol. The van der Waals surface area contributed by atoms with Gasteiger partial charge in [-0.15, -0.1) is 0 Å². The molecule has 1 aromatic heterocycles. The molecule has 0 aliphatic carbocycles. The number of amides is 1. The van der Waals surface area contributed by atoms with Crippen LogP contribution in [0.15, 0.2) is 42.5 Å². The number of thiazole rings is 1. The molecule has 166 valence electrons. The van der Waals surface area contributed by atoms with Crippen molar-refractivity contribution in [1.29, 1.82) is 0 Å². The molecule has 0 fully saturated rings. The highest BCUT2D eigenvalue weighted by Gasteiger charge is 2.21. The monoisotopic (exact) mass is 441 g/mol. The number of likely N-dealkylation sites (N-methyl/N-ethyl adjacent to an activating group) is 1. The normalized spacial score (nSPS) is 11.3. The second kappa shape index (κ2) is 10.6. The van der Waals surface area contributed by atoms with Crippen LogP contribution in [-0.2, 0) is 4.79 Å². The number of ether oxygens (including phenoxy) is 2. The fraction of sp³-hybridized carbons (Fsp3) is 0.417. The van der Waals surface area contributed by atoms with Crippen LogP contribution < -0.4 is 14.4 Å². The van der Waals surface area contributed by atoms with Crippen LogP contribution in [0.5, 0.6) is 11.5 Å². The van der Waals surface area contributed by atoms with E-state index in [1.807, 2.05) is 68.4 Å². The molecule has 3 rings (SSSR count). The molecule has 0 aliphatic rings. The van der Waals surface area contributed by atoms with Crippen LogP contribution in [0, 0.1) is 0 Å². The molecule has 0 radical (unpaired) electrons. The zero-order valence-corrected chi connectivity index (χ0v) is 19.7. The van der Waals surface area contributed by atoms with Crippen LogP contribution in [0.4, 0.5) is 5.13 Å². The predicted molar refractivity (Wildman–Crippen MR) is 128 cm³/mol. The van der Waals surface area contributed by atoms with Gasteiger partial charge in [0.15, 0.2) is 11.7 Å². The zero-order valence-electron chi connectivity index (χ0n) is 18.9. The van der Waals surface area contributed by atoms with Crippen molar-refractivity contribution in [3.05, 3.63) is 48.0 Å². The predicted octanol–water partition coefficient (Wildman–Crippen LogP) is 4.79. The molecule has 3 aromatic rings. The minimum Gasteiger partial charge on any atom is -0.494 e. The Morgan fingerprint density at radius 1 is 1.03 bits per heavy atom. The molecule has 0 N–H and O–H groups in total. The van der Waals surface area contributed by atoms with Gasteiger partial charge in [-0.3, -0.25) is 9.69 Å². The molecule has 0 aliphatic heterocycles. The van der Waals surface area contributed by atoms with Gasteiger partial charge in [0.05, 0.1) is 16.8 Å². The number of aromatic nitrogens is 1. The van der Waals surface area contributed by atoms with Gasteiger partial charge in [-0.05, 0) is 62.8 Å². The molecular weight excluding hydrogens is 410 g/mol. The topological polar surface area (TPSA) is 54.9 Å². The number of fused-ring (bicyclic) bond motifs is 1. The Bertz CT molecular complexity index is 999. The molecule has 0 saturated heterocycles. The number of anilines is 1. The Hall–Kier alpha value is -2.64. The lowest BCUT2D eigenvalue weighted by molar-refractivity contribution is -0.120. The maximum Gasteiger partial charge on any atom is 0.266 e. The van der Waals surface area contributed by atoms with Crippen LogP contribution in [0.3, 0.4) is 0 Å². The van der Waals surface area contributed by atoms with Crippen LogP contribution in [0.25, 0.3) is 10.2 Å². The van der Waals surface area contributed by atoms with E-state index < -0.39 is 0 Å². The first kappa shape index (κ1) is 23.0. The van der Waals surface area contributed by atoms with Gasteiger partial charge in [0.1, 0.15) is 11.5 Å². The summed E-state index contributed by atoms with van der Waals surface area (Å²) in [6.45, 7) is 8.11. The number of hydrogen-bond acceptors (Lipinski definition) is 6. The van der Waals surface area contributed by atoms with Crippen LogP contribution in [0.2, 0.25) is 0 Å². The van der Waals surface area contributed by atoms with Crippen molar-refractivity contribution in [2.45, 2.75) is 26.7 Å². The summed E-state index contributed by atoms with van der Waals surface area (Å²) in [4.78, 5) is 21.5. The van der Waals surface area contributed by atoms with E-state index in [0.29, 0.717) is 30.0 Å². The lowest BCUT2D eigenvalue weighted by atomic mass is 10.0. The number of hydrogen-bond donors (Lipinski definition) is 0. The van der Waals surface area contributed by atoms with E-state index >= 15 is 0 Å². The molecule has 1 heterocycles. The highest BCUT2D eigenvalue weighted by atomic mass is 32.1. The first-order valence-electron chi connectivity index (χ1n) is 10.6. The van der Waals surface area contributed by atoms with Gasteiger partial charge in [0, 0.05) is 13.1 Å². The van der Waals surface area contributed by atoms with Gasteiger partial charge in [-0.1, -0.05) is 37.3 Å². The van der Waals surface area contributed by atoms with E-state index in [1.165, 1.54) is 16.9 Å². The summed E-state index contributed by atoms with van der Waals surface area (Å²) in [7, 11) is 3.98. The highest BCUT2D eigenvalue weighted by molar-refractivity contribution is 7.22. The molecule has 6 nitrogen and oxygen atoms in total. The maximum atomic E-state index is 13.1. The van der Waals surface area contributed by atoms with Crippen LogP contribution in [0.1, 0.15) is 32.3 Å². The average Bonchev–Trinajstić information content (AvgIpc) is 3.15. The summed E-state index contributed by atoms with van der Waals surface area (Å²) in [5.41, 5.74) is 2.10. The van der Waals surface area contributed by atoms with E-state index in [1.54, 1.807) is 4.90 Å². The van der Waals surface area contributed by atoms with Crippen LogP contribution >= 0.6 is 11.3 Å². The maximum absolute atomic E-state index is 13.1.